The number of aliphatic hydroxyl groups excluding tert-OH is 1. The van der Waals surface area contributed by atoms with Gasteiger partial charge in [-0.2, -0.15) is 0 Å². The van der Waals surface area contributed by atoms with Crippen molar-refractivity contribution in [2.75, 3.05) is 14.1 Å². The summed E-state index contributed by atoms with van der Waals surface area (Å²) in [6, 6.07) is 1.72. The van der Waals surface area contributed by atoms with Crippen molar-refractivity contribution in [1.29, 1.82) is 0 Å². The number of hydrogen-bond donors (Lipinski definition) is 2. The minimum Gasteiger partial charge on any atom is -0.458 e. The molecule has 1 radical (unpaired) electrons. The summed E-state index contributed by atoms with van der Waals surface area (Å²) in [5.74, 6) is -5.41. The second-order valence-electron chi connectivity index (χ2n) is 15.8. The molecular weight excluding hydrogens is 877 g/mol. The molecule has 1 aromatic rings. The van der Waals surface area contributed by atoms with E-state index in [-0.39, 0.29) is 51.2 Å². The zero-order valence-corrected chi connectivity index (χ0v) is 36.1. The van der Waals surface area contributed by atoms with Gasteiger partial charge in [0.05, 0.1) is 30.2 Å². The Hall–Kier alpha value is -2.87. The Morgan fingerprint density at radius 1 is 1.11 bits per heavy atom. The van der Waals surface area contributed by atoms with E-state index in [1.54, 1.807) is 48.5 Å². The summed E-state index contributed by atoms with van der Waals surface area (Å²) in [5, 5.41) is 14.8. The molecular formula is C38H58N3O12Re-. The van der Waals surface area contributed by atoms with Gasteiger partial charge in [-0.25, -0.2) is 21.2 Å². The van der Waals surface area contributed by atoms with Crippen LogP contribution in [0.3, 0.4) is 0 Å². The number of amides is 1. The number of Topliss-reactive ketones (excluding diaryl/α,β-unsaturated/α-hetero) is 1. The van der Waals surface area contributed by atoms with Crippen LogP contribution in [-0.2, 0) is 63.2 Å². The van der Waals surface area contributed by atoms with Gasteiger partial charge in [0, 0.05) is 45.1 Å². The molecule has 0 aromatic carbocycles. The number of ketones is 1. The minimum absolute atomic E-state index is 0. The van der Waals surface area contributed by atoms with Crippen LogP contribution in [0.1, 0.15) is 87.1 Å². The average Bonchev–Trinajstić information content (AvgIpc) is 3.66. The fourth-order valence-electron chi connectivity index (χ4n) is 8.35. The van der Waals surface area contributed by atoms with Crippen molar-refractivity contribution < 1.29 is 77.9 Å². The second kappa shape index (κ2) is 17.9. The van der Waals surface area contributed by atoms with E-state index in [9.17, 15) is 29.1 Å². The number of ether oxygens (including phenoxy) is 6. The number of nitrogens with zero attached hydrogens (tertiary/aromatic N) is 2. The van der Waals surface area contributed by atoms with Crippen molar-refractivity contribution in [1.82, 2.24) is 14.8 Å². The first kappa shape index (κ1) is 45.5. The molecule has 2 N–H and O–H groups in total. The topological polar surface area (TPSA) is 181 Å². The van der Waals surface area contributed by atoms with Gasteiger partial charge in [-0.1, -0.05) is 40.8 Å². The normalized spacial score (nSPS) is 39.3. The number of carbonyl (C=O) groups excluding carboxylic acids is 5. The molecule has 4 heterocycles. The summed E-state index contributed by atoms with van der Waals surface area (Å²) < 4.78 is 38.2. The third-order valence-electron chi connectivity index (χ3n) is 11.2. The first-order chi connectivity index (χ1) is 24.6. The van der Waals surface area contributed by atoms with Gasteiger partial charge < -0.3 is 48.3 Å². The summed E-state index contributed by atoms with van der Waals surface area (Å²) in [6.45, 7) is 16.4. The van der Waals surface area contributed by atoms with E-state index < -0.39 is 95.7 Å². The molecule has 0 unspecified atom stereocenters. The van der Waals surface area contributed by atoms with Gasteiger partial charge >= 0.3 is 24.1 Å². The van der Waals surface area contributed by atoms with Gasteiger partial charge in [0.15, 0.2) is 18.0 Å². The van der Waals surface area contributed by atoms with Crippen LogP contribution in [0.15, 0.2) is 12.4 Å². The zero-order valence-electron chi connectivity index (χ0n) is 33.4. The second-order valence-corrected chi connectivity index (χ2v) is 15.8. The SMILES string of the molecule is CC[C@H]1OC(=O)[C@H](C)[C@@H](O)[C@H](C)[C@@H](O[C@@H]2O[C@H](C)C[C@H](N(C)C)[C@H]2OC(C)=O)[C@](C)(OC(=O)n2c[c-]c(C)c2)C[C@@H](C)C(=O)[C@H](C)[C@H]2NC(=O)O[C@@]21C.[Re]. The molecule has 0 bridgehead atoms. The predicted molar refractivity (Wildman–Crippen MR) is 189 cm³/mol. The molecule has 16 heteroatoms. The quantitative estimate of drug-likeness (QED) is 0.239. The Morgan fingerprint density at radius 3 is 2.31 bits per heavy atom. The molecule has 0 saturated carbocycles. The van der Waals surface area contributed by atoms with Gasteiger partial charge in [-0.15, -0.1) is 6.20 Å². The van der Waals surface area contributed by atoms with Gasteiger partial charge in [0.1, 0.15) is 23.6 Å². The summed E-state index contributed by atoms with van der Waals surface area (Å²) in [5.41, 5.74) is -2.43. The molecule has 15 nitrogen and oxygen atoms in total. The summed E-state index contributed by atoms with van der Waals surface area (Å²) in [7, 11) is 3.69. The van der Waals surface area contributed by atoms with Crippen molar-refractivity contribution in [2.45, 2.75) is 149 Å². The number of cyclic esters (lactones) is 1. The summed E-state index contributed by atoms with van der Waals surface area (Å²) >= 11 is 0. The Bertz CT molecular complexity index is 1520. The number of aryl methyl sites for hydroxylation is 1. The Morgan fingerprint density at radius 2 is 1.76 bits per heavy atom. The van der Waals surface area contributed by atoms with Crippen molar-refractivity contribution in [3.63, 3.8) is 0 Å². The van der Waals surface area contributed by atoms with Crippen LogP contribution in [0.5, 0.6) is 0 Å². The van der Waals surface area contributed by atoms with Gasteiger partial charge in [0.2, 0.25) is 0 Å². The summed E-state index contributed by atoms with van der Waals surface area (Å²) in [4.78, 5) is 69.2. The molecule has 14 atom stereocenters. The maximum absolute atomic E-state index is 14.4. The van der Waals surface area contributed by atoms with E-state index in [2.05, 4.69) is 11.4 Å². The van der Waals surface area contributed by atoms with Crippen molar-refractivity contribution >= 4 is 29.9 Å². The standard InChI is InChI=1S/C38H58N3O12.Re/c1-13-27-38(10)31(39-35(46)52-38)22(5)28(43)20(3)17-37(9,53-36(47)41-15-14-19(2)18-41)32(23(6)29(44)24(7)33(45)50-27)51-34-30(49-25(8)42)26(40(11)12)16-21(4)48-34;/h15,18,20-24,26-27,29-32,34,44H,13,16-17H2,1-12H3,(H,39,46);/q-1;/t20-,21-,22+,23+,24-,26+,27-,29+,30-,31-,32-,34+,37-,38-;/m1./s1. The zero-order chi connectivity index (χ0) is 39.7. The maximum atomic E-state index is 14.4. The number of esters is 2. The number of hydrogen-bond acceptors (Lipinski definition) is 13. The van der Waals surface area contributed by atoms with Gasteiger partial charge in [-0.3, -0.25) is 14.4 Å². The molecule has 1 amide bonds. The van der Waals surface area contributed by atoms with Crippen LogP contribution >= 0.6 is 0 Å². The Balaban J connectivity index is 0.00000784. The van der Waals surface area contributed by atoms with Gasteiger partial charge in [0.25, 0.3) is 0 Å². The molecule has 3 aliphatic heterocycles. The maximum Gasteiger partial charge on any atom is 0.408 e. The number of carbonyl (C=O) groups is 5. The fraction of sp³-hybridized carbons (Fsp3) is 0.763. The average molecular weight is 935 g/mol. The van der Waals surface area contributed by atoms with Crippen molar-refractivity contribution in [2.24, 2.45) is 23.7 Å². The minimum atomic E-state index is -1.69. The first-order valence-corrected chi connectivity index (χ1v) is 18.5. The molecule has 0 spiro atoms. The monoisotopic (exact) mass is 935 g/mol. The van der Waals surface area contributed by atoms with E-state index in [0.717, 1.165) is 0 Å². The number of rotatable bonds is 6. The van der Waals surface area contributed by atoms with Crippen LogP contribution in [0.2, 0.25) is 0 Å². The van der Waals surface area contributed by atoms with Crippen molar-refractivity contribution in [3.05, 3.63) is 24.0 Å². The van der Waals surface area contributed by atoms with Crippen LogP contribution in [0.4, 0.5) is 9.59 Å². The molecule has 3 aliphatic rings. The fourth-order valence-corrected chi connectivity index (χ4v) is 8.35. The predicted octanol–water partition coefficient (Wildman–Crippen LogP) is 3.79. The van der Waals surface area contributed by atoms with Crippen LogP contribution in [-0.4, -0.2) is 119 Å². The number of aliphatic hydroxyl groups is 1. The molecule has 305 valence electrons. The molecule has 3 saturated heterocycles. The Labute approximate surface area is 332 Å². The molecule has 54 heavy (non-hydrogen) atoms. The van der Waals surface area contributed by atoms with Crippen LogP contribution in [0, 0.1) is 36.7 Å². The smallest absolute Gasteiger partial charge is 0.408 e. The third-order valence-corrected chi connectivity index (χ3v) is 11.2. The number of likely N-dealkylation sites (N-methyl/N-ethyl adjacent to an activating group) is 1. The molecule has 0 aliphatic carbocycles. The number of alkyl carbamates (subject to hydrolysis) is 1. The molecule has 1 aromatic heterocycles. The third kappa shape index (κ3) is 9.56. The molecule has 3 fully saturated rings. The summed E-state index contributed by atoms with van der Waals surface area (Å²) in [6.07, 6.45) is -4.13. The van der Waals surface area contributed by atoms with Crippen molar-refractivity contribution in [3.8, 4) is 0 Å². The Kier molecular flexibility index (Phi) is 15.1. The van der Waals surface area contributed by atoms with Gasteiger partial charge in [-0.05, 0) is 61.1 Å². The van der Waals surface area contributed by atoms with E-state index in [4.69, 9.17) is 28.4 Å². The number of aromatic nitrogens is 1. The first-order valence-electron chi connectivity index (χ1n) is 18.5. The van der Waals surface area contributed by atoms with E-state index >= 15 is 0 Å². The van der Waals surface area contributed by atoms with E-state index in [1.807, 2.05) is 25.9 Å². The molecule has 4 rings (SSSR count). The van der Waals surface area contributed by atoms with E-state index in [0.29, 0.717) is 12.0 Å². The van der Waals surface area contributed by atoms with Crippen LogP contribution in [0.25, 0.3) is 0 Å². The van der Waals surface area contributed by atoms with Crippen LogP contribution < -0.4 is 5.32 Å². The number of nitrogens with one attached hydrogen (secondary N) is 1. The van der Waals surface area contributed by atoms with E-state index in [1.165, 1.54) is 30.8 Å². The largest absolute Gasteiger partial charge is 0.458 e. The number of fused-ring (bicyclic) bond motifs is 1.